The molecule has 0 N–H and O–H groups in total. The molecule has 3 heteroatoms. The zero-order valence-electron chi connectivity index (χ0n) is 18.1. The maximum Gasteiger partial charge on any atom is 0.143 e. The molecule has 0 radical (unpaired) electrons. The molecule has 0 amide bonds. The summed E-state index contributed by atoms with van der Waals surface area (Å²) in [7, 11) is -0.497. The molecule has 0 unspecified atom stereocenters. The Hall–Kier alpha value is -0.900. The van der Waals surface area contributed by atoms with Gasteiger partial charge in [-0.05, 0) is 22.6 Å². The zero-order chi connectivity index (χ0) is 19.9. The van der Waals surface area contributed by atoms with Crippen molar-refractivity contribution in [2.75, 3.05) is 0 Å². The second-order valence-corrected chi connectivity index (χ2v) is 15.3. The molecule has 0 fully saturated rings. The number of para-hydroxylation sites is 2. The zero-order valence-corrected chi connectivity index (χ0v) is 19.9. The van der Waals surface area contributed by atoms with Crippen molar-refractivity contribution < 1.29 is 4.42 Å². The summed E-state index contributed by atoms with van der Waals surface area (Å²) in [6.45, 7) is 18.9. The van der Waals surface area contributed by atoms with Gasteiger partial charge in [-0.15, -0.1) is 0 Å². The van der Waals surface area contributed by atoms with E-state index < -0.39 is 0 Å². The highest BCUT2D eigenvalue weighted by Crippen LogP contribution is 2.49. The molecule has 0 aliphatic rings. The monoisotopic (exact) mass is 400 g/mol. The van der Waals surface area contributed by atoms with Crippen LogP contribution in [0.15, 0.2) is 40.8 Å². The van der Waals surface area contributed by atoms with E-state index in [0.717, 1.165) is 11.2 Å². The molecule has 0 saturated carbocycles. The van der Waals surface area contributed by atoms with Crippen LogP contribution in [0.5, 0.6) is 0 Å². The van der Waals surface area contributed by atoms with Crippen molar-refractivity contribution in [2.24, 2.45) is 0 Å². The minimum absolute atomic E-state index is 0.249. The van der Waals surface area contributed by atoms with Crippen molar-refractivity contribution in [3.63, 3.8) is 0 Å². The Morgan fingerprint density at radius 2 is 0.889 bits per heavy atom. The van der Waals surface area contributed by atoms with E-state index in [9.17, 15) is 0 Å². The molecule has 0 aliphatic heterocycles. The highest BCUT2D eigenvalue weighted by atomic mass is 31.1. The van der Waals surface area contributed by atoms with E-state index in [0.29, 0.717) is 22.6 Å². The SMILES string of the molecule is CC(C)P(c1cccc2c1oc1c(P(C(C)C)C(C)C)cccc12)C(C)C. The fourth-order valence-electron chi connectivity index (χ4n) is 4.50. The molecule has 0 bridgehead atoms. The van der Waals surface area contributed by atoms with Crippen molar-refractivity contribution in [1.29, 1.82) is 0 Å². The lowest BCUT2D eigenvalue weighted by atomic mass is 10.1. The van der Waals surface area contributed by atoms with Gasteiger partial charge in [0, 0.05) is 21.4 Å². The van der Waals surface area contributed by atoms with Gasteiger partial charge in [-0.1, -0.05) is 108 Å². The van der Waals surface area contributed by atoms with Gasteiger partial charge in [-0.2, -0.15) is 0 Å². The van der Waals surface area contributed by atoms with E-state index in [-0.39, 0.29) is 15.8 Å². The summed E-state index contributed by atoms with van der Waals surface area (Å²) in [5, 5.41) is 5.46. The normalized spacial score (nSPS) is 13.0. The fourth-order valence-corrected chi connectivity index (χ4v) is 10.4. The highest BCUT2D eigenvalue weighted by molar-refractivity contribution is 7.67. The van der Waals surface area contributed by atoms with Gasteiger partial charge < -0.3 is 4.42 Å². The number of rotatable bonds is 6. The number of fused-ring (bicyclic) bond motifs is 3. The summed E-state index contributed by atoms with van der Waals surface area (Å²) in [5.74, 6) is 0. The van der Waals surface area contributed by atoms with Crippen LogP contribution in [-0.2, 0) is 0 Å². The molecule has 0 atom stereocenters. The van der Waals surface area contributed by atoms with Crippen LogP contribution in [-0.4, -0.2) is 22.6 Å². The molecular weight excluding hydrogens is 366 g/mol. The molecule has 0 spiro atoms. The number of hydrogen-bond donors (Lipinski definition) is 0. The van der Waals surface area contributed by atoms with E-state index >= 15 is 0 Å². The van der Waals surface area contributed by atoms with E-state index in [1.807, 2.05) is 0 Å². The Balaban J connectivity index is 2.31. The van der Waals surface area contributed by atoms with Crippen LogP contribution in [0, 0.1) is 0 Å². The summed E-state index contributed by atoms with van der Waals surface area (Å²) in [4.78, 5) is 0. The van der Waals surface area contributed by atoms with Gasteiger partial charge in [0.2, 0.25) is 0 Å². The quantitative estimate of drug-likeness (QED) is 0.392. The first-order valence-electron chi connectivity index (χ1n) is 10.2. The van der Waals surface area contributed by atoms with Crippen molar-refractivity contribution >= 4 is 48.4 Å². The summed E-state index contributed by atoms with van der Waals surface area (Å²) in [6.07, 6.45) is 0. The minimum atomic E-state index is -0.249. The average Bonchev–Trinajstić information content (AvgIpc) is 2.94. The smallest absolute Gasteiger partial charge is 0.143 e. The Kier molecular flexibility index (Phi) is 6.34. The summed E-state index contributed by atoms with van der Waals surface area (Å²) < 4.78 is 6.71. The third kappa shape index (κ3) is 3.83. The average molecular weight is 400 g/mol. The van der Waals surface area contributed by atoms with Crippen LogP contribution in [0.3, 0.4) is 0 Å². The Morgan fingerprint density at radius 1 is 0.556 bits per heavy atom. The molecule has 1 heterocycles. The molecule has 0 saturated heterocycles. The molecule has 3 rings (SSSR count). The van der Waals surface area contributed by atoms with Crippen molar-refractivity contribution in [2.45, 2.75) is 78.0 Å². The van der Waals surface area contributed by atoms with Gasteiger partial charge in [-0.25, -0.2) is 0 Å². The lowest BCUT2D eigenvalue weighted by molar-refractivity contribution is 0.674. The van der Waals surface area contributed by atoms with Crippen LogP contribution in [0.25, 0.3) is 21.9 Å². The van der Waals surface area contributed by atoms with Crippen LogP contribution >= 0.6 is 15.8 Å². The van der Waals surface area contributed by atoms with Gasteiger partial charge in [0.15, 0.2) is 0 Å². The summed E-state index contributed by atoms with van der Waals surface area (Å²) >= 11 is 0. The standard InChI is InChI=1S/C24H34OP2/c1-15(2)26(16(3)4)21-13-9-11-19-20-12-10-14-22(24(20)25-23(19)21)27(17(5)6)18(7)8/h9-18H,1-8H3. The molecular formula is C24H34OP2. The predicted molar refractivity (Wildman–Crippen MR) is 127 cm³/mol. The maximum absolute atomic E-state index is 6.71. The van der Waals surface area contributed by atoms with E-state index in [4.69, 9.17) is 4.42 Å². The third-order valence-electron chi connectivity index (χ3n) is 5.26. The van der Waals surface area contributed by atoms with Gasteiger partial charge >= 0.3 is 0 Å². The molecule has 27 heavy (non-hydrogen) atoms. The largest absolute Gasteiger partial charge is 0.455 e. The molecule has 3 aromatic rings. The van der Waals surface area contributed by atoms with Crippen molar-refractivity contribution in [1.82, 2.24) is 0 Å². The Morgan fingerprint density at radius 3 is 1.19 bits per heavy atom. The lowest BCUT2D eigenvalue weighted by Gasteiger charge is -2.26. The topological polar surface area (TPSA) is 13.1 Å². The number of benzene rings is 2. The Bertz CT molecular complexity index is 830. The summed E-state index contributed by atoms with van der Waals surface area (Å²) in [5.41, 5.74) is 4.89. The van der Waals surface area contributed by atoms with Crippen LogP contribution in [0.4, 0.5) is 0 Å². The number of furan rings is 1. The molecule has 0 aliphatic carbocycles. The lowest BCUT2D eigenvalue weighted by Crippen LogP contribution is -2.15. The van der Waals surface area contributed by atoms with E-state index in [1.54, 1.807) is 0 Å². The van der Waals surface area contributed by atoms with Gasteiger partial charge in [0.1, 0.15) is 11.2 Å². The Labute approximate surface area is 167 Å². The van der Waals surface area contributed by atoms with Crippen molar-refractivity contribution in [3.8, 4) is 0 Å². The molecule has 1 nitrogen and oxygen atoms in total. The van der Waals surface area contributed by atoms with Gasteiger partial charge in [-0.3, -0.25) is 0 Å². The predicted octanol–water partition coefficient (Wildman–Crippen LogP) is 7.43. The van der Waals surface area contributed by atoms with E-state index in [1.165, 1.54) is 21.4 Å². The fraction of sp³-hybridized carbons (Fsp3) is 0.500. The van der Waals surface area contributed by atoms with Gasteiger partial charge in [0.25, 0.3) is 0 Å². The van der Waals surface area contributed by atoms with Gasteiger partial charge in [0.05, 0.1) is 0 Å². The minimum Gasteiger partial charge on any atom is -0.455 e. The van der Waals surface area contributed by atoms with Crippen LogP contribution in [0.1, 0.15) is 55.4 Å². The van der Waals surface area contributed by atoms with Crippen LogP contribution in [0.2, 0.25) is 0 Å². The number of hydrogen-bond acceptors (Lipinski definition) is 1. The summed E-state index contributed by atoms with van der Waals surface area (Å²) in [6, 6.07) is 13.6. The highest BCUT2D eigenvalue weighted by Gasteiger charge is 2.26. The second-order valence-electron chi connectivity index (χ2n) is 8.60. The first-order chi connectivity index (χ1) is 12.7. The molecule has 2 aromatic carbocycles. The van der Waals surface area contributed by atoms with Crippen molar-refractivity contribution in [3.05, 3.63) is 36.4 Å². The first-order valence-corrected chi connectivity index (χ1v) is 13.2. The maximum atomic E-state index is 6.71. The second kappa shape index (κ2) is 8.23. The third-order valence-corrected chi connectivity index (χ3v) is 11.5. The first kappa shape index (κ1) is 20.8. The molecule has 146 valence electrons. The van der Waals surface area contributed by atoms with E-state index in [2.05, 4.69) is 91.8 Å². The molecule has 1 aromatic heterocycles. The van der Waals surface area contributed by atoms with Crippen LogP contribution < -0.4 is 10.6 Å².